The van der Waals surface area contributed by atoms with E-state index < -0.39 is 0 Å². The van der Waals surface area contributed by atoms with Gasteiger partial charge in [0.2, 0.25) is 6.79 Å². The van der Waals surface area contributed by atoms with Gasteiger partial charge in [-0.15, -0.1) is 0 Å². The van der Waals surface area contributed by atoms with Crippen LogP contribution in [0.2, 0.25) is 0 Å². The molecule has 0 spiro atoms. The van der Waals surface area contributed by atoms with Gasteiger partial charge in [0.05, 0.1) is 17.4 Å². The maximum Gasteiger partial charge on any atom is 0.257 e. The average molecular weight is 257 g/mol. The van der Waals surface area contributed by atoms with E-state index in [0.29, 0.717) is 28.4 Å². The first-order valence-electron chi connectivity index (χ1n) is 5.64. The third-order valence-corrected chi connectivity index (χ3v) is 2.71. The van der Waals surface area contributed by atoms with E-state index >= 15 is 0 Å². The molecular weight excluding hydrogens is 246 g/mol. The molecule has 0 saturated heterocycles. The molecule has 1 aliphatic heterocycles. The minimum Gasteiger partial charge on any atom is -0.454 e. The number of benzene rings is 1. The summed E-state index contributed by atoms with van der Waals surface area (Å²) in [6, 6.07) is 6.64. The fourth-order valence-corrected chi connectivity index (χ4v) is 1.79. The Bertz CT molecular complexity index is 629. The molecule has 0 unspecified atom stereocenters. The number of fused-ring (bicyclic) bond motifs is 1. The van der Waals surface area contributed by atoms with Crippen LogP contribution in [-0.4, -0.2) is 17.7 Å². The fraction of sp³-hybridized carbons (Fsp3) is 0.0769. The highest BCUT2D eigenvalue weighted by Crippen LogP contribution is 2.36. The van der Waals surface area contributed by atoms with E-state index in [1.807, 2.05) is 0 Å². The zero-order chi connectivity index (χ0) is 13.2. The summed E-state index contributed by atoms with van der Waals surface area (Å²) < 4.78 is 10.4. The molecule has 0 fully saturated rings. The van der Waals surface area contributed by atoms with Gasteiger partial charge in [-0.05, 0) is 18.2 Å². The summed E-state index contributed by atoms with van der Waals surface area (Å²) in [6.45, 7) is 0.141. The van der Waals surface area contributed by atoms with Crippen LogP contribution >= 0.6 is 0 Å². The number of hydrogen-bond acceptors (Lipinski definition) is 5. The third kappa shape index (κ3) is 2.15. The second-order valence-electron chi connectivity index (χ2n) is 3.99. The van der Waals surface area contributed by atoms with Crippen LogP contribution in [-0.2, 0) is 0 Å². The zero-order valence-corrected chi connectivity index (χ0v) is 9.92. The Balaban J connectivity index is 1.88. The Morgan fingerprint density at radius 1 is 1.32 bits per heavy atom. The Hall–Kier alpha value is -2.76. The van der Waals surface area contributed by atoms with Crippen LogP contribution in [0.3, 0.4) is 0 Å². The van der Waals surface area contributed by atoms with Gasteiger partial charge < -0.3 is 20.5 Å². The Kier molecular flexibility index (Phi) is 2.68. The maximum atomic E-state index is 12.1. The van der Waals surface area contributed by atoms with Crippen molar-refractivity contribution in [2.75, 3.05) is 17.8 Å². The van der Waals surface area contributed by atoms with Crippen molar-refractivity contribution in [3.63, 3.8) is 0 Å². The topological polar surface area (TPSA) is 86.5 Å². The first-order valence-corrected chi connectivity index (χ1v) is 5.64. The molecule has 96 valence electrons. The van der Waals surface area contributed by atoms with Crippen molar-refractivity contribution >= 4 is 17.3 Å². The number of nitrogens with one attached hydrogen (secondary N) is 1. The van der Waals surface area contributed by atoms with Gasteiger partial charge in [-0.25, -0.2) is 0 Å². The number of nitrogens with two attached hydrogens (primary N) is 1. The number of amides is 1. The average Bonchev–Trinajstić information content (AvgIpc) is 2.86. The van der Waals surface area contributed by atoms with Crippen molar-refractivity contribution in [1.29, 1.82) is 0 Å². The molecule has 2 heterocycles. The van der Waals surface area contributed by atoms with Crippen molar-refractivity contribution in [2.45, 2.75) is 0 Å². The number of pyridine rings is 1. The van der Waals surface area contributed by atoms with Crippen LogP contribution in [0.15, 0.2) is 36.7 Å². The summed E-state index contributed by atoms with van der Waals surface area (Å²) in [5.41, 5.74) is 7.12. The van der Waals surface area contributed by atoms with Gasteiger partial charge in [-0.3, -0.25) is 9.78 Å². The number of ether oxygens (including phenoxy) is 2. The molecule has 0 atom stereocenters. The predicted octanol–water partition coefficient (Wildman–Crippen LogP) is 1.64. The normalized spacial score (nSPS) is 12.2. The smallest absolute Gasteiger partial charge is 0.257 e. The van der Waals surface area contributed by atoms with Crippen LogP contribution in [0.4, 0.5) is 11.4 Å². The molecule has 6 nitrogen and oxygen atoms in total. The molecule has 0 bridgehead atoms. The SMILES string of the molecule is Nc1cc2c(cc1C(=O)Nc1cccnc1)OCO2. The van der Waals surface area contributed by atoms with E-state index in [1.54, 1.807) is 36.7 Å². The van der Waals surface area contributed by atoms with Gasteiger partial charge in [0, 0.05) is 18.0 Å². The molecule has 19 heavy (non-hydrogen) atoms. The summed E-state index contributed by atoms with van der Waals surface area (Å²) in [7, 11) is 0. The first-order chi connectivity index (χ1) is 9.24. The third-order valence-electron chi connectivity index (χ3n) is 2.71. The molecule has 1 aliphatic rings. The minimum atomic E-state index is -0.316. The minimum absolute atomic E-state index is 0.141. The van der Waals surface area contributed by atoms with Gasteiger partial charge in [0.15, 0.2) is 11.5 Å². The van der Waals surface area contributed by atoms with Crippen LogP contribution in [0.1, 0.15) is 10.4 Å². The summed E-state index contributed by atoms with van der Waals surface area (Å²) in [6.07, 6.45) is 3.19. The number of nitrogen functional groups attached to an aromatic ring is 1. The molecule has 2 aromatic rings. The van der Waals surface area contributed by atoms with Crippen molar-refractivity contribution < 1.29 is 14.3 Å². The number of carbonyl (C=O) groups excluding carboxylic acids is 1. The van der Waals surface area contributed by atoms with Gasteiger partial charge in [-0.2, -0.15) is 0 Å². The number of anilines is 2. The summed E-state index contributed by atoms with van der Waals surface area (Å²) in [5.74, 6) is 0.754. The van der Waals surface area contributed by atoms with Crippen molar-refractivity contribution in [3.05, 3.63) is 42.2 Å². The van der Waals surface area contributed by atoms with Crippen LogP contribution in [0, 0.1) is 0 Å². The summed E-state index contributed by atoms with van der Waals surface area (Å²) >= 11 is 0. The van der Waals surface area contributed by atoms with Crippen molar-refractivity contribution in [1.82, 2.24) is 4.98 Å². The molecule has 3 rings (SSSR count). The van der Waals surface area contributed by atoms with E-state index in [-0.39, 0.29) is 12.7 Å². The molecule has 0 aliphatic carbocycles. The molecule has 1 aromatic heterocycles. The number of rotatable bonds is 2. The summed E-state index contributed by atoms with van der Waals surface area (Å²) in [4.78, 5) is 16.0. The highest BCUT2D eigenvalue weighted by Gasteiger charge is 2.19. The second kappa shape index (κ2) is 4.49. The maximum absolute atomic E-state index is 12.1. The number of hydrogen-bond donors (Lipinski definition) is 2. The lowest BCUT2D eigenvalue weighted by atomic mass is 10.1. The highest BCUT2D eigenvalue weighted by atomic mass is 16.7. The number of carbonyl (C=O) groups is 1. The fourth-order valence-electron chi connectivity index (χ4n) is 1.79. The quantitative estimate of drug-likeness (QED) is 0.799. The van der Waals surface area contributed by atoms with E-state index in [9.17, 15) is 4.79 Å². The van der Waals surface area contributed by atoms with Gasteiger partial charge in [0.1, 0.15) is 0 Å². The van der Waals surface area contributed by atoms with E-state index in [0.717, 1.165) is 0 Å². The molecule has 1 aromatic carbocycles. The molecule has 3 N–H and O–H groups in total. The lowest BCUT2D eigenvalue weighted by Gasteiger charge is -2.08. The van der Waals surface area contributed by atoms with Gasteiger partial charge in [-0.1, -0.05) is 0 Å². The predicted molar refractivity (Wildman–Crippen MR) is 69.2 cm³/mol. The van der Waals surface area contributed by atoms with E-state index in [1.165, 1.54) is 0 Å². The Morgan fingerprint density at radius 3 is 2.84 bits per heavy atom. The zero-order valence-electron chi connectivity index (χ0n) is 9.92. The first kappa shape index (κ1) is 11.3. The largest absolute Gasteiger partial charge is 0.454 e. The molecular formula is C13H11N3O3. The molecule has 6 heteroatoms. The molecule has 0 saturated carbocycles. The van der Waals surface area contributed by atoms with Crippen LogP contribution in [0.5, 0.6) is 11.5 Å². The van der Waals surface area contributed by atoms with Crippen molar-refractivity contribution in [2.24, 2.45) is 0 Å². The van der Waals surface area contributed by atoms with Crippen LogP contribution in [0.25, 0.3) is 0 Å². The molecule has 1 amide bonds. The monoisotopic (exact) mass is 257 g/mol. The van der Waals surface area contributed by atoms with Crippen LogP contribution < -0.4 is 20.5 Å². The molecule has 0 radical (unpaired) electrons. The number of nitrogens with zero attached hydrogens (tertiary/aromatic N) is 1. The Labute approximate surface area is 109 Å². The van der Waals surface area contributed by atoms with Crippen molar-refractivity contribution in [3.8, 4) is 11.5 Å². The number of aromatic nitrogens is 1. The van der Waals surface area contributed by atoms with Gasteiger partial charge in [0.25, 0.3) is 5.91 Å². The highest BCUT2D eigenvalue weighted by molar-refractivity contribution is 6.08. The second-order valence-corrected chi connectivity index (χ2v) is 3.99. The van der Waals surface area contributed by atoms with Gasteiger partial charge >= 0.3 is 0 Å². The lowest BCUT2D eigenvalue weighted by molar-refractivity contribution is 0.102. The van der Waals surface area contributed by atoms with E-state index in [2.05, 4.69) is 10.3 Å². The summed E-state index contributed by atoms with van der Waals surface area (Å²) in [5, 5.41) is 2.71. The lowest BCUT2D eigenvalue weighted by Crippen LogP contribution is -2.14. The standard InChI is InChI=1S/C13H11N3O3/c14-10-5-12-11(18-7-19-12)4-9(10)13(17)16-8-2-1-3-15-6-8/h1-6H,7,14H2,(H,16,17). The Morgan fingerprint density at radius 2 is 2.11 bits per heavy atom. The van der Waals surface area contributed by atoms with E-state index in [4.69, 9.17) is 15.2 Å².